The summed E-state index contributed by atoms with van der Waals surface area (Å²) in [6.07, 6.45) is 0. The summed E-state index contributed by atoms with van der Waals surface area (Å²) in [6.45, 7) is 4.24. The molecule has 2 rings (SSSR count). The van der Waals surface area contributed by atoms with Crippen LogP contribution in [0.1, 0.15) is 11.1 Å². The van der Waals surface area contributed by atoms with E-state index in [1.165, 1.54) is 16.7 Å². The number of halogens is 1. The molecule has 0 radical (unpaired) electrons. The number of hydrogen-bond acceptors (Lipinski definition) is 2. The van der Waals surface area contributed by atoms with Crippen molar-refractivity contribution in [3.63, 3.8) is 0 Å². The molecular weight excluding hydrogens is 270 g/mol. The van der Waals surface area contributed by atoms with Crippen molar-refractivity contribution < 1.29 is 0 Å². The molecule has 1 aromatic heterocycles. The highest BCUT2D eigenvalue weighted by atomic mass is 79.9. The monoisotopic (exact) mass is 281 g/mol. The van der Waals surface area contributed by atoms with Gasteiger partial charge in [-0.25, -0.2) is 0 Å². The average Bonchev–Trinajstić information content (AvgIpc) is 2.53. The van der Waals surface area contributed by atoms with E-state index in [1.807, 2.05) is 0 Å². The van der Waals surface area contributed by atoms with Gasteiger partial charge in [-0.3, -0.25) is 0 Å². The van der Waals surface area contributed by atoms with E-state index in [1.54, 1.807) is 11.3 Å². The maximum Gasteiger partial charge on any atom is 0.0934 e. The summed E-state index contributed by atoms with van der Waals surface area (Å²) in [5, 5.41) is 2.09. The minimum absolute atomic E-state index is 0.836. The minimum Gasteiger partial charge on any atom is -0.397 e. The van der Waals surface area contributed by atoms with Gasteiger partial charge in [0.1, 0.15) is 0 Å². The van der Waals surface area contributed by atoms with Crippen LogP contribution in [0.2, 0.25) is 0 Å². The van der Waals surface area contributed by atoms with E-state index in [0.717, 1.165) is 15.0 Å². The van der Waals surface area contributed by atoms with Crippen molar-refractivity contribution in [3.8, 4) is 11.1 Å². The van der Waals surface area contributed by atoms with Gasteiger partial charge in [-0.1, -0.05) is 18.2 Å². The van der Waals surface area contributed by atoms with Crippen molar-refractivity contribution in [2.75, 3.05) is 5.73 Å². The van der Waals surface area contributed by atoms with Gasteiger partial charge < -0.3 is 5.73 Å². The minimum atomic E-state index is 0.836. The fourth-order valence-corrected chi connectivity index (χ4v) is 2.69. The van der Waals surface area contributed by atoms with Gasteiger partial charge >= 0.3 is 0 Å². The van der Waals surface area contributed by atoms with Crippen LogP contribution in [-0.2, 0) is 0 Å². The molecule has 0 spiro atoms. The quantitative estimate of drug-likeness (QED) is 0.825. The van der Waals surface area contributed by atoms with Crippen molar-refractivity contribution in [3.05, 3.63) is 38.5 Å². The van der Waals surface area contributed by atoms with E-state index < -0.39 is 0 Å². The molecule has 1 aromatic carbocycles. The molecule has 0 aliphatic carbocycles. The standard InChI is InChI=1S/C12H12BrNS/c1-7-3-4-9(5-8(7)2)10-6-15-12(13)11(10)14/h3-6H,14H2,1-2H3. The molecule has 0 aliphatic heterocycles. The second-order valence-corrected chi connectivity index (χ2v) is 5.83. The maximum absolute atomic E-state index is 5.99. The van der Waals surface area contributed by atoms with Crippen LogP contribution in [0.4, 0.5) is 5.69 Å². The molecule has 15 heavy (non-hydrogen) atoms. The van der Waals surface area contributed by atoms with Crippen molar-refractivity contribution in [2.45, 2.75) is 13.8 Å². The summed E-state index contributed by atoms with van der Waals surface area (Å²) in [4.78, 5) is 0. The molecule has 78 valence electrons. The summed E-state index contributed by atoms with van der Waals surface area (Å²) >= 11 is 5.07. The topological polar surface area (TPSA) is 26.0 Å². The second kappa shape index (κ2) is 3.99. The highest BCUT2D eigenvalue weighted by Crippen LogP contribution is 2.37. The molecule has 0 amide bonds. The summed E-state index contributed by atoms with van der Waals surface area (Å²) in [6, 6.07) is 6.43. The fourth-order valence-electron chi connectivity index (χ4n) is 1.48. The summed E-state index contributed by atoms with van der Waals surface area (Å²) in [7, 11) is 0. The first kappa shape index (κ1) is 10.7. The fraction of sp³-hybridized carbons (Fsp3) is 0.167. The summed E-state index contributed by atoms with van der Waals surface area (Å²) in [5.41, 5.74) is 11.7. The predicted octanol–water partition coefficient (Wildman–Crippen LogP) is 4.38. The maximum atomic E-state index is 5.99. The van der Waals surface area contributed by atoms with Crippen molar-refractivity contribution in [2.24, 2.45) is 0 Å². The number of anilines is 1. The second-order valence-electron chi connectivity index (χ2n) is 3.64. The van der Waals surface area contributed by atoms with Gasteiger partial charge in [0.05, 0.1) is 9.47 Å². The van der Waals surface area contributed by atoms with Gasteiger partial charge in [0.15, 0.2) is 0 Å². The Hall–Kier alpha value is -0.800. The van der Waals surface area contributed by atoms with Gasteiger partial charge in [-0.15, -0.1) is 11.3 Å². The molecule has 1 heterocycles. The average molecular weight is 282 g/mol. The van der Waals surface area contributed by atoms with E-state index in [4.69, 9.17) is 5.73 Å². The zero-order valence-electron chi connectivity index (χ0n) is 8.67. The SMILES string of the molecule is Cc1ccc(-c2csc(Br)c2N)cc1C. The molecule has 0 aliphatic rings. The van der Waals surface area contributed by atoms with Crippen LogP contribution in [0.3, 0.4) is 0 Å². The third kappa shape index (κ3) is 1.94. The van der Waals surface area contributed by atoms with Crippen LogP contribution < -0.4 is 5.73 Å². The van der Waals surface area contributed by atoms with Crippen LogP contribution in [0.25, 0.3) is 11.1 Å². The van der Waals surface area contributed by atoms with Crippen molar-refractivity contribution in [1.82, 2.24) is 0 Å². The molecule has 0 saturated carbocycles. The van der Waals surface area contributed by atoms with Crippen LogP contribution >= 0.6 is 27.3 Å². The molecule has 0 saturated heterocycles. The van der Waals surface area contributed by atoms with Crippen molar-refractivity contribution >= 4 is 33.0 Å². The Labute approximate surface area is 102 Å². The Morgan fingerprint density at radius 2 is 1.93 bits per heavy atom. The van der Waals surface area contributed by atoms with E-state index >= 15 is 0 Å². The van der Waals surface area contributed by atoms with Crippen LogP contribution in [0, 0.1) is 13.8 Å². The molecule has 1 nitrogen and oxygen atoms in total. The molecular formula is C12H12BrNS. The first-order chi connectivity index (χ1) is 7.09. The van der Waals surface area contributed by atoms with Gasteiger partial charge in [-0.05, 0) is 46.5 Å². The van der Waals surface area contributed by atoms with Crippen LogP contribution in [0.5, 0.6) is 0 Å². The third-order valence-electron chi connectivity index (χ3n) is 2.60. The Balaban J connectivity index is 2.55. The first-order valence-electron chi connectivity index (χ1n) is 4.69. The number of nitrogens with two attached hydrogens (primary N) is 1. The number of nitrogen functional groups attached to an aromatic ring is 1. The highest BCUT2D eigenvalue weighted by Gasteiger charge is 2.08. The van der Waals surface area contributed by atoms with Crippen molar-refractivity contribution in [1.29, 1.82) is 0 Å². The number of hydrogen-bond donors (Lipinski definition) is 1. The normalized spacial score (nSPS) is 10.6. The van der Waals surface area contributed by atoms with E-state index in [9.17, 15) is 0 Å². The Morgan fingerprint density at radius 3 is 2.47 bits per heavy atom. The van der Waals surface area contributed by atoms with Crippen LogP contribution in [0.15, 0.2) is 27.4 Å². The lowest BCUT2D eigenvalue weighted by Gasteiger charge is -2.04. The van der Waals surface area contributed by atoms with Gasteiger partial charge in [0.2, 0.25) is 0 Å². The van der Waals surface area contributed by atoms with E-state index in [0.29, 0.717) is 0 Å². The predicted molar refractivity (Wildman–Crippen MR) is 71.3 cm³/mol. The lowest BCUT2D eigenvalue weighted by molar-refractivity contribution is 1.34. The number of thiophene rings is 1. The molecule has 3 heteroatoms. The van der Waals surface area contributed by atoms with Gasteiger partial charge in [0, 0.05) is 10.9 Å². The zero-order valence-corrected chi connectivity index (χ0v) is 11.1. The molecule has 2 N–H and O–H groups in total. The van der Waals surface area contributed by atoms with E-state index in [2.05, 4.69) is 53.4 Å². The van der Waals surface area contributed by atoms with Crippen LogP contribution in [-0.4, -0.2) is 0 Å². The highest BCUT2D eigenvalue weighted by molar-refractivity contribution is 9.11. The Bertz CT molecular complexity index is 502. The number of benzene rings is 1. The van der Waals surface area contributed by atoms with Gasteiger partial charge in [-0.2, -0.15) is 0 Å². The lowest BCUT2D eigenvalue weighted by atomic mass is 10.0. The smallest absolute Gasteiger partial charge is 0.0934 e. The van der Waals surface area contributed by atoms with E-state index in [-0.39, 0.29) is 0 Å². The molecule has 0 fully saturated rings. The molecule has 0 unspecified atom stereocenters. The Morgan fingerprint density at radius 1 is 1.20 bits per heavy atom. The number of rotatable bonds is 1. The lowest BCUT2D eigenvalue weighted by Crippen LogP contribution is -1.87. The molecule has 0 bridgehead atoms. The third-order valence-corrected chi connectivity index (χ3v) is 4.37. The molecule has 0 atom stereocenters. The largest absolute Gasteiger partial charge is 0.397 e. The zero-order chi connectivity index (χ0) is 11.0. The Kier molecular flexibility index (Phi) is 2.85. The van der Waals surface area contributed by atoms with Gasteiger partial charge in [0.25, 0.3) is 0 Å². The summed E-state index contributed by atoms with van der Waals surface area (Å²) in [5.74, 6) is 0. The number of aryl methyl sites for hydroxylation is 2. The molecule has 2 aromatic rings. The summed E-state index contributed by atoms with van der Waals surface area (Å²) < 4.78 is 1.01. The first-order valence-corrected chi connectivity index (χ1v) is 6.37.